The normalized spacial score (nSPS) is 15.9. The van der Waals surface area contributed by atoms with E-state index in [4.69, 9.17) is 4.74 Å². The Kier molecular flexibility index (Phi) is 4.88. The molecule has 1 aromatic carbocycles. The van der Waals surface area contributed by atoms with Crippen molar-refractivity contribution in [2.75, 3.05) is 36.5 Å². The number of carbonyl (C=O) groups excluding carboxylic acids is 1. The summed E-state index contributed by atoms with van der Waals surface area (Å²) < 4.78 is 5.40. The van der Waals surface area contributed by atoms with Crippen LogP contribution in [0.3, 0.4) is 0 Å². The molecule has 1 aromatic rings. The van der Waals surface area contributed by atoms with Crippen molar-refractivity contribution >= 4 is 17.3 Å². The van der Waals surface area contributed by atoms with Gasteiger partial charge in [0.15, 0.2) is 0 Å². The van der Waals surface area contributed by atoms with Crippen molar-refractivity contribution in [1.29, 1.82) is 0 Å². The minimum absolute atomic E-state index is 0.000191. The zero-order chi connectivity index (χ0) is 15.5. The predicted octanol–water partition coefficient (Wildman–Crippen LogP) is 3.21. The van der Waals surface area contributed by atoms with Crippen LogP contribution in [0.5, 0.6) is 0 Å². The van der Waals surface area contributed by atoms with Gasteiger partial charge in [0.05, 0.1) is 13.2 Å². The van der Waals surface area contributed by atoms with Gasteiger partial charge in [0.2, 0.25) is 5.91 Å². The monoisotopic (exact) mass is 290 g/mol. The van der Waals surface area contributed by atoms with E-state index in [-0.39, 0.29) is 11.3 Å². The van der Waals surface area contributed by atoms with Crippen LogP contribution in [0.25, 0.3) is 0 Å². The average molecular weight is 290 g/mol. The van der Waals surface area contributed by atoms with Crippen LogP contribution >= 0.6 is 0 Å². The van der Waals surface area contributed by atoms with Crippen LogP contribution in [0.2, 0.25) is 0 Å². The molecule has 0 radical (unpaired) electrons. The number of benzene rings is 1. The Bertz CT molecular complexity index is 500. The molecule has 4 heteroatoms. The molecule has 0 saturated carbocycles. The van der Waals surface area contributed by atoms with Crippen LogP contribution in [-0.2, 0) is 9.53 Å². The Morgan fingerprint density at radius 3 is 2.57 bits per heavy atom. The van der Waals surface area contributed by atoms with Crippen molar-refractivity contribution in [2.45, 2.75) is 34.1 Å². The summed E-state index contributed by atoms with van der Waals surface area (Å²) >= 11 is 0. The maximum absolute atomic E-state index is 12.1. The molecule has 2 rings (SSSR count). The number of rotatable bonds is 3. The van der Waals surface area contributed by atoms with Gasteiger partial charge in [-0.1, -0.05) is 26.8 Å². The predicted molar refractivity (Wildman–Crippen MR) is 86.9 cm³/mol. The highest BCUT2D eigenvalue weighted by Gasteiger charge is 2.18. The number of hydrogen-bond acceptors (Lipinski definition) is 3. The van der Waals surface area contributed by atoms with Crippen molar-refractivity contribution in [1.82, 2.24) is 0 Å². The number of anilines is 2. The van der Waals surface area contributed by atoms with E-state index in [1.807, 2.05) is 12.1 Å². The maximum Gasteiger partial charge on any atom is 0.224 e. The van der Waals surface area contributed by atoms with E-state index in [1.165, 1.54) is 5.69 Å². The van der Waals surface area contributed by atoms with Gasteiger partial charge in [0.25, 0.3) is 0 Å². The second kappa shape index (κ2) is 6.48. The first-order valence-corrected chi connectivity index (χ1v) is 7.59. The first-order chi connectivity index (χ1) is 9.87. The van der Waals surface area contributed by atoms with E-state index in [2.05, 4.69) is 44.0 Å². The Morgan fingerprint density at radius 2 is 1.95 bits per heavy atom. The molecule has 0 atom stereocenters. The van der Waals surface area contributed by atoms with E-state index in [1.54, 1.807) is 0 Å². The van der Waals surface area contributed by atoms with Crippen LogP contribution in [0.15, 0.2) is 18.2 Å². The van der Waals surface area contributed by atoms with Crippen molar-refractivity contribution in [3.05, 3.63) is 23.8 Å². The Labute approximate surface area is 127 Å². The van der Waals surface area contributed by atoms with Gasteiger partial charge in [0, 0.05) is 30.9 Å². The first-order valence-electron chi connectivity index (χ1n) is 7.59. The fourth-order valence-electron chi connectivity index (χ4n) is 2.58. The fourth-order valence-corrected chi connectivity index (χ4v) is 2.58. The number of hydrogen-bond donors (Lipinski definition) is 1. The van der Waals surface area contributed by atoms with E-state index < -0.39 is 0 Å². The molecular formula is C17H26N2O2. The van der Waals surface area contributed by atoms with Gasteiger partial charge in [-0.25, -0.2) is 0 Å². The van der Waals surface area contributed by atoms with E-state index in [9.17, 15) is 4.79 Å². The molecule has 0 unspecified atom stereocenters. The molecule has 1 aliphatic heterocycles. The van der Waals surface area contributed by atoms with Gasteiger partial charge in [-0.15, -0.1) is 0 Å². The summed E-state index contributed by atoms with van der Waals surface area (Å²) in [5, 5.41) is 3.05. The number of morpholine rings is 1. The Morgan fingerprint density at radius 1 is 1.29 bits per heavy atom. The molecule has 1 fully saturated rings. The van der Waals surface area contributed by atoms with Gasteiger partial charge >= 0.3 is 0 Å². The topological polar surface area (TPSA) is 41.6 Å². The lowest BCUT2D eigenvalue weighted by atomic mass is 9.92. The molecule has 1 amide bonds. The number of amides is 1. The molecule has 0 aromatic heterocycles. The maximum atomic E-state index is 12.1. The molecule has 21 heavy (non-hydrogen) atoms. The number of nitrogens with zero attached hydrogens (tertiary/aromatic N) is 1. The van der Waals surface area contributed by atoms with Gasteiger partial charge in [-0.2, -0.15) is 0 Å². The Hall–Kier alpha value is -1.55. The smallest absolute Gasteiger partial charge is 0.224 e. The largest absolute Gasteiger partial charge is 0.378 e. The molecular weight excluding hydrogens is 264 g/mol. The van der Waals surface area contributed by atoms with Crippen LogP contribution in [0.1, 0.15) is 32.8 Å². The number of nitrogens with one attached hydrogen (secondary N) is 1. The average Bonchev–Trinajstić information content (AvgIpc) is 2.40. The van der Waals surface area contributed by atoms with Crippen molar-refractivity contribution in [3.63, 3.8) is 0 Å². The zero-order valence-electron chi connectivity index (χ0n) is 13.5. The molecule has 4 nitrogen and oxygen atoms in total. The second-order valence-corrected chi connectivity index (χ2v) is 6.83. The minimum Gasteiger partial charge on any atom is -0.378 e. The summed E-state index contributed by atoms with van der Waals surface area (Å²) in [7, 11) is 0. The van der Waals surface area contributed by atoms with Crippen molar-refractivity contribution in [2.24, 2.45) is 5.41 Å². The summed E-state index contributed by atoms with van der Waals surface area (Å²) in [4.78, 5) is 14.4. The van der Waals surface area contributed by atoms with Gasteiger partial charge in [0.1, 0.15) is 0 Å². The SMILES string of the molecule is Cc1c(NC(=O)CC(C)(C)C)cccc1N1CCOCC1. The minimum atomic E-state index is -0.000191. The summed E-state index contributed by atoms with van der Waals surface area (Å²) in [5.41, 5.74) is 3.22. The van der Waals surface area contributed by atoms with Gasteiger partial charge in [-0.05, 0) is 30.0 Å². The molecule has 0 aliphatic carbocycles. The van der Waals surface area contributed by atoms with E-state index >= 15 is 0 Å². The van der Waals surface area contributed by atoms with Gasteiger partial charge in [-0.3, -0.25) is 4.79 Å². The molecule has 116 valence electrons. The quantitative estimate of drug-likeness (QED) is 0.929. The fraction of sp³-hybridized carbons (Fsp3) is 0.588. The molecule has 1 N–H and O–H groups in total. The third-order valence-corrected chi connectivity index (χ3v) is 3.62. The lowest BCUT2D eigenvalue weighted by Gasteiger charge is -2.30. The van der Waals surface area contributed by atoms with E-state index in [0.29, 0.717) is 6.42 Å². The summed E-state index contributed by atoms with van der Waals surface area (Å²) in [6.07, 6.45) is 0.522. The third kappa shape index (κ3) is 4.46. The summed E-state index contributed by atoms with van der Waals surface area (Å²) in [6, 6.07) is 6.09. The highest BCUT2D eigenvalue weighted by molar-refractivity contribution is 5.92. The van der Waals surface area contributed by atoms with E-state index in [0.717, 1.165) is 37.6 Å². The van der Waals surface area contributed by atoms with Crippen LogP contribution in [0.4, 0.5) is 11.4 Å². The summed E-state index contributed by atoms with van der Waals surface area (Å²) in [6.45, 7) is 11.6. The summed E-state index contributed by atoms with van der Waals surface area (Å²) in [5.74, 6) is 0.0738. The number of ether oxygens (including phenoxy) is 1. The van der Waals surface area contributed by atoms with Crippen molar-refractivity contribution < 1.29 is 9.53 Å². The number of carbonyl (C=O) groups is 1. The Balaban J connectivity index is 2.12. The second-order valence-electron chi connectivity index (χ2n) is 6.83. The molecule has 0 bridgehead atoms. The van der Waals surface area contributed by atoms with Crippen LogP contribution in [-0.4, -0.2) is 32.2 Å². The van der Waals surface area contributed by atoms with Crippen molar-refractivity contribution in [3.8, 4) is 0 Å². The van der Waals surface area contributed by atoms with Crippen LogP contribution in [0, 0.1) is 12.3 Å². The van der Waals surface area contributed by atoms with Gasteiger partial charge < -0.3 is 15.0 Å². The standard InChI is InChI=1S/C17H26N2O2/c1-13-14(18-16(20)12-17(2,3)4)6-5-7-15(13)19-8-10-21-11-9-19/h5-7H,8-12H2,1-4H3,(H,18,20). The lowest BCUT2D eigenvalue weighted by Crippen LogP contribution is -2.36. The highest BCUT2D eigenvalue weighted by Crippen LogP contribution is 2.28. The molecule has 1 aliphatic rings. The third-order valence-electron chi connectivity index (χ3n) is 3.62. The first kappa shape index (κ1) is 15.8. The van der Waals surface area contributed by atoms with Crippen LogP contribution < -0.4 is 10.2 Å². The lowest BCUT2D eigenvalue weighted by molar-refractivity contribution is -0.117. The molecule has 1 heterocycles. The zero-order valence-corrected chi connectivity index (χ0v) is 13.5. The highest BCUT2D eigenvalue weighted by atomic mass is 16.5. The molecule has 1 saturated heterocycles. The molecule has 0 spiro atoms.